The minimum Gasteiger partial charge on any atom is -0.496 e. The van der Waals surface area contributed by atoms with E-state index in [0.717, 1.165) is 23.4 Å². The third-order valence-electron chi connectivity index (χ3n) is 5.55. The van der Waals surface area contributed by atoms with E-state index in [2.05, 4.69) is 0 Å². The van der Waals surface area contributed by atoms with Crippen molar-refractivity contribution in [2.45, 2.75) is 26.3 Å². The Hall–Kier alpha value is -4.13. The van der Waals surface area contributed by atoms with Gasteiger partial charge in [0.15, 0.2) is 0 Å². The number of carboxylic acids is 1. The lowest BCUT2D eigenvalue weighted by molar-refractivity contribution is -0.136. The highest BCUT2D eigenvalue weighted by atomic mass is 19.1. The van der Waals surface area contributed by atoms with Crippen LogP contribution in [0.2, 0.25) is 0 Å². The number of rotatable bonds is 10. The highest BCUT2D eigenvalue weighted by molar-refractivity contribution is 5.76. The normalized spacial score (nSPS) is 10.8. The molecule has 1 N–H and O–H groups in total. The fourth-order valence-electron chi connectivity index (χ4n) is 3.94. The van der Waals surface area contributed by atoms with E-state index < -0.39 is 5.97 Å². The molecular weight excluding hydrogens is 447 g/mol. The first-order valence-corrected chi connectivity index (χ1v) is 11.4. The van der Waals surface area contributed by atoms with Gasteiger partial charge in [0.2, 0.25) is 0 Å². The van der Waals surface area contributed by atoms with Crippen molar-refractivity contribution in [2.24, 2.45) is 0 Å². The Bertz CT molecular complexity index is 1330. The maximum absolute atomic E-state index is 14.1. The topological polar surface area (TPSA) is 73.6 Å². The first-order valence-electron chi connectivity index (χ1n) is 11.4. The zero-order valence-electron chi connectivity index (χ0n) is 19.7. The second-order valence-electron chi connectivity index (χ2n) is 8.14. The Kier molecular flexibility index (Phi) is 7.45. The first kappa shape index (κ1) is 24.0. The molecule has 6 nitrogen and oxygen atoms in total. The number of nitrogens with zero attached hydrogens (tertiary/aromatic N) is 2. The Labute approximate surface area is 203 Å². The molecule has 1 aromatic heterocycles. The summed E-state index contributed by atoms with van der Waals surface area (Å²) in [5.41, 5.74) is 4.25. The quantitative estimate of drug-likeness (QED) is 0.313. The summed E-state index contributed by atoms with van der Waals surface area (Å²) in [6.07, 6.45) is 0.715. The molecule has 0 aliphatic rings. The number of hydrogen-bond donors (Lipinski definition) is 1. The van der Waals surface area contributed by atoms with Crippen LogP contribution < -0.4 is 9.47 Å². The highest BCUT2D eigenvalue weighted by Crippen LogP contribution is 2.34. The van der Waals surface area contributed by atoms with Gasteiger partial charge >= 0.3 is 5.97 Å². The minimum atomic E-state index is -0.916. The molecule has 35 heavy (non-hydrogen) atoms. The van der Waals surface area contributed by atoms with Crippen LogP contribution in [0.25, 0.3) is 22.5 Å². The summed E-state index contributed by atoms with van der Waals surface area (Å²) < 4.78 is 27.4. The Morgan fingerprint density at radius 2 is 1.86 bits per heavy atom. The summed E-state index contributed by atoms with van der Waals surface area (Å²) in [7, 11) is 1.62. The molecule has 0 fully saturated rings. The van der Waals surface area contributed by atoms with Crippen molar-refractivity contribution >= 4 is 5.97 Å². The molecule has 0 saturated carbocycles. The van der Waals surface area contributed by atoms with Gasteiger partial charge in [0.25, 0.3) is 0 Å². The molecule has 180 valence electrons. The van der Waals surface area contributed by atoms with Crippen LogP contribution in [0.5, 0.6) is 11.5 Å². The number of carbonyl (C=O) groups is 1. The molecule has 0 amide bonds. The van der Waals surface area contributed by atoms with Crippen LogP contribution in [-0.4, -0.2) is 34.6 Å². The number of methoxy groups -OCH3 is 1. The van der Waals surface area contributed by atoms with Crippen LogP contribution in [0.4, 0.5) is 4.39 Å². The molecular formula is C28H27FN2O4. The number of para-hydroxylation sites is 1. The molecule has 0 unspecified atom stereocenters. The van der Waals surface area contributed by atoms with Crippen LogP contribution in [0.3, 0.4) is 0 Å². The second-order valence-corrected chi connectivity index (χ2v) is 8.14. The highest BCUT2D eigenvalue weighted by Gasteiger charge is 2.18. The molecule has 1 heterocycles. The second kappa shape index (κ2) is 10.9. The van der Waals surface area contributed by atoms with E-state index in [1.807, 2.05) is 43.3 Å². The lowest BCUT2D eigenvalue weighted by Gasteiger charge is -2.12. The Morgan fingerprint density at radius 1 is 1.03 bits per heavy atom. The van der Waals surface area contributed by atoms with Gasteiger partial charge in [-0.15, -0.1) is 0 Å². The van der Waals surface area contributed by atoms with Crippen molar-refractivity contribution in [1.82, 2.24) is 9.78 Å². The summed E-state index contributed by atoms with van der Waals surface area (Å²) in [4.78, 5) is 11.3. The van der Waals surface area contributed by atoms with Gasteiger partial charge in [-0.1, -0.05) is 43.3 Å². The fourth-order valence-corrected chi connectivity index (χ4v) is 3.94. The zero-order valence-corrected chi connectivity index (χ0v) is 19.7. The predicted molar refractivity (Wildman–Crippen MR) is 132 cm³/mol. The maximum atomic E-state index is 14.1. The van der Waals surface area contributed by atoms with E-state index in [1.165, 1.54) is 12.1 Å². The molecule has 0 radical (unpaired) electrons. The van der Waals surface area contributed by atoms with E-state index in [-0.39, 0.29) is 12.2 Å². The van der Waals surface area contributed by atoms with E-state index in [4.69, 9.17) is 14.6 Å². The molecule has 0 atom stereocenters. The monoisotopic (exact) mass is 474 g/mol. The van der Waals surface area contributed by atoms with Crippen molar-refractivity contribution in [3.05, 3.63) is 89.7 Å². The summed E-state index contributed by atoms with van der Waals surface area (Å²) >= 11 is 0. The number of benzene rings is 3. The molecule has 3 aromatic carbocycles. The van der Waals surface area contributed by atoms with Crippen LogP contribution >= 0.6 is 0 Å². The van der Waals surface area contributed by atoms with Crippen molar-refractivity contribution < 1.29 is 23.8 Å². The molecule has 0 aliphatic carbocycles. The summed E-state index contributed by atoms with van der Waals surface area (Å²) in [5.74, 6) is 0.0868. The van der Waals surface area contributed by atoms with Crippen molar-refractivity contribution in [3.8, 4) is 34.0 Å². The smallest absolute Gasteiger partial charge is 0.307 e. The summed E-state index contributed by atoms with van der Waals surface area (Å²) in [6, 6.07) is 21.2. The fraction of sp³-hybridized carbons (Fsp3) is 0.214. The molecule has 0 spiro atoms. The molecule has 4 rings (SSSR count). The zero-order chi connectivity index (χ0) is 24.8. The predicted octanol–water partition coefficient (Wildman–Crippen LogP) is 5.83. The largest absolute Gasteiger partial charge is 0.496 e. The molecule has 4 aromatic rings. The molecule has 0 saturated heterocycles. The van der Waals surface area contributed by atoms with E-state index in [1.54, 1.807) is 36.1 Å². The number of ether oxygens (including phenoxy) is 2. The Morgan fingerprint density at radius 3 is 2.60 bits per heavy atom. The third-order valence-corrected chi connectivity index (χ3v) is 5.55. The van der Waals surface area contributed by atoms with E-state index >= 15 is 0 Å². The number of hydrogen-bond acceptors (Lipinski definition) is 4. The maximum Gasteiger partial charge on any atom is 0.307 e. The number of halogens is 1. The molecule has 0 bridgehead atoms. The van der Waals surface area contributed by atoms with Crippen LogP contribution in [0, 0.1) is 5.82 Å². The van der Waals surface area contributed by atoms with E-state index in [9.17, 15) is 14.3 Å². The minimum absolute atomic E-state index is 0.111. The summed E-state index contributed by atoms with van der Waals surface area (Å²) in [5, 5.41) is 14.1. The van der Waals surface area contributed by atoms with Gasteiger partial charge in [0, 0.05) is 16.7 Å². The molecule has 7 heteroatoms. The van der Waals surface area contributed by atoms with Gasteiger partial charge in [-0.3, -0.25) is 9.48 Å². The molecule has 0 aliphatic heterocycles. The Balaban J connectivity index is 1.85. The van der Waals surface area contributed by atoms with Crippen molar-refractivity contribution in [3.63, 3.8) is 0 Å². The van der Waals surface area contributed by atoms with Gasteiger partial charge in [0.05, 0.1) is 38.1 Å². The van der Waals surface area contributed by atoms with Crippen LogP contribution in [-0.2, 0) is 17.8 Å². The van der Waals surface area contributed by atoms with Gasteiger partial charge in [0.1, 0.15) is 17.3 Å². The van der Waals surface area contributed by atoms with Gasteiger partial charge in [-0.05, 0) is 48.4 Å². The summed E-state index contributed by atoms with van der Waals surface area (Å²) in [6.45, 7) is 2.93. The van der Waals surface area contributed by atoms with Gasteiger partial charge in [-0.2, -0.15) is 5.10 Å². The standard InChI is InChI=1S/C28H27FN2O4/c1-3-13-35-27-12-11-19(15-28(32)33)14-23(27)24-17-25(20-8-6-9-22(29)16-20)31(30-24)18-21-7-4-5-10-26(21)34-2/h4-12,14,16-17H,3,13,15,18H2,1-2H3,(H,32,33). The van der Waals surface area contributed by atoms with Crippen molar-refractivity contribution in [1.29, 1.82) is 0 Å². The van der Waals surface area contributed by atoms with Crippen molar-refractivity contribution in [2.75, 3.05) is 13.7 Å². The average molecular weight is 475 g/mol. The lowest BCUT2D eigenvalue weighted by Crippen LogP contribution is -2.06. The third kappa shape index (κ3) is 5.69. The van der Waals surface area contributed by atoms with Crippen LogP contribution in [0.1, 0.15) is 24.5 Å². The van der Waals surface area contributed by atoms with E-state index in [0.29, 0.717) is 41.3 Å². The lowest BCUT2D eigenvalue weighted by atomic mass is 10.0. The van der Waals surface area contributed by atoms with Crippen LogP contribution in [0.15, 0.2) is 72.8 Å². The number of carboxylic acid groups (broad SMARTS) is 1. The van der Waals surface area contributed by atoms with Gasteiger partial charge in [-0.25, -0.2) is 4.39 Å². The number of aliphatic carboxylic acids is 1. The first-order chi connectivity index (χ1) is 17.0. The average Bonchev–Trinajstić information content (AvgIpc) is 3.27. The number of aromatic nitrogens is 2. The SMILES string of the molecule is CCCOc1ccc(CC(=O)O)cc1-c1cc(-c2cccc(F)c2)n(Cc2ccccc2OC)n1. The van der Waals surface area contributed by atoms with Gasteiger partial charge < -0.3 is 14.6 Å².